The molecule has 100 valence electrons. The van der Waals surface area contributed by atoms with E-state index in [0.717, 1.165) is 12.0 Å². The van der Waals surface area contributed by atoms with Gasteiger partial charge >= 0.3 is 0 Å². The normalized spacial score (nSPS) is 13.2. The molecule has 0 aromatic carbocycles. The first kappa shape index (κ1) is 14.6. The van der Waals surface area contributed by atoms with Gasteiger partial charge in [-0.1, -0.05) is 20.8 Å². The van der Waals surface area contributed by atoms with Gasteiger partial charge in [0.1, 0.15) is 0 Å². The summed E-state index contributed by atoms with van der Waals surface area (Å²) in [6.07, 6.45) is 4.17. The highest BCUT2D eigenvalue weighted by Crippen LogP contribution is 2.19. The Labute approximate surface area is 109 Å². The highest BCUT2D eigenvalue weighted by Gasteiger charge is 2.16. The minimum absolute atomic E-state index is 0.0216. The lowest BCUT2D eigenvalue weighted by Crippen LogP contribution is -2.39. The summed E-state index contributed by atoms with van der Waals surface area (Å²) in [5.74, 6) is -0.115. The van der Waals surface area contributed by atoms with Gasteiger partial charge in [-0.15, -0.1) is 0 Å². The minimum Gasteiger partial charge on any atom is -0.350 e. The molecule has 0 aliphatic heterocycles. The Morgan fingerprint density at radius 1 is 1.44 bits per heavy atom. The van der Waals surface area contributed by atoms with Crippen LogP contribution in [0.5, 0.6) is 0 Å². The second kappa shape index (κ2) is 5.96. The number of carbonyl (C=O) groups excluding carboxylic acids is 1. The van der Waals surface area contributed by atoms with Crippen LogP contribution in [-0.4, -0.2) is 23.5 Å². The lowest BCUT2D eigenvalue weighted by molar-refractivity contribution is 0.0948. The van der Waals surface area contributed by atoms with E-state index < -0.39 is 0 Å². The average Bonchev–Trinajstić information content (AvgIpc) is 2.23. The summed E-state index contributed by atoms with van der Waals surface area (Å²) in [6, 6.07) is 1.80. The molecule has 0 saturated heterocycles. The summed E-state index contributed by atoms with van der Waals surface area (Å²) in [6.45, 7) is 8.82. The third kappa shape index (κ3) is 5.27. The van der Waals surface area contributed by atoms with Crippen LogP contribution in [0.15, 0.2) is 18.5 Å². The van der Waals surface area contributed by atoms with Crippen molar-refractivity contribution in [2.24, 2.45) is 11.1 Å². The Bertz CT molecular complexity index is 410. The monoisotopic (exact) mass is 249 g/mol. The van der Waals surface area contributed by atoms with E-state index in [2.05, 4.69) is 31.1 Å². The van der Waals surface area contributed by atoms with Crippen molar-refractivity contribution >= 4 is 5.91 Å². The van der Waals surface area contributed by atoms with Gasteiger partial charge in [-0.2, -0.15) is 0 Å². The first-order valence-electron chi connectivity index (χ1n) is 6.23. The number of carbonyl (C=O) groups is 1. The molecule has 1 atom stereocenters. The molecule has 0 aliphatic carbocycles. The number of pyridine rings is 1. The molecule has 4 heteroatoms. The molecule has 1 unspecified atom stereocenters. The quantitative estimate of drug-likeness (QED) is 0.856. The summed E-state index contributed by atoms with van der Waals surface area (Å²) in [4.78, 5) is 15.9. The Morgan fingerprint density at radius 3 is 2.67 bits per heavy atom. The number of nitrogens with zero attached hydrogens (tertiary/aromatic N) is 1. The third-order valence-electron chi connectivity index (χ3n) is 2.54. The van der Waals surface area contributed by atoms with Crippen LogP contribution in [0, 0.1) is 12.3 Å². The third-order valence-corrected chi connectivity index (χ3v) is 2.54. The zero-order valence-electron chi connectivity index (χ0n) is 11.7. The van der Waals surface area contributed by atoms with Gasteiger partial charge in [0.15, 0.2) is 0 Å². The highest BCUT2D eigenvalue weighted by molar-refractivity contribution is 5.94. The largest absolute Gasteiger partial charge is 0.350 e. The van der Waals surface area contributed by atoms with E-state index in [4.69, 9.17) is 5.73 Å². The number of amides is 1. The van der Waals surface area contributed by atoms with Crippen LogP contribution < -0.4 is 11.1 Å². The fourth-order valence-electron chi connectivity index (χ4n) is 1.86. The van der Waals surface area contributed by atoms with Crippen molar-refractivity contribution in [1.29, 1.82) is 0 Å². The summed E-state index contributed by atoms with van der Waals surface area (Å²) in [5.41, 5.74) is 7.72. The van der Waals surface area contributed by atoms with Gasteiger partial charge in [0.25, 0.3) is 5.91 Å². The SMILES string of the molecule is Cc1cncc(C(=O)NCC(N)CC(C)(C)C)c1. The van der Waals surface area contributed by atoms with Crippen LogP contribution in [0.3, 0.4) is 0 Å². The van der Waals surface area contributed by atoms with Gasteiger partial charge in [0, 0.05) is 25.0 Å². The van der Waals surface area contributed by atoms with Crippen molar-refractivity contribution in [3.63, 3.8) is 0 Å². The fraction of sp³-hybridized carbons (Fsp3) is 0.571. The summed E-state index contributed by atoms with van der Waals surface area (Å²) in [7, 11) is 0. The molecule has 0 saturated carbocycles. The maximum absolute atomic E-state index is 11.9. The van der Waals surface area contributed by atoms with E-state index in [1.165, 1.54) is 0 Å². The Hall–Kier alpha value is -1.42. The van der Waals surface area contributed by atoms with Gasteiger partial charge in [-0.3, -0.25) is 9.78 Å². The molecule has 1 aromatic rings. The van der Waals surface area contributed by atoms with Crippen molar-refractivity contribution in [3.05, 3.63) is 29.6 Å². The van der Waals surface area contributed by atoms with Crippen LogP contribution in [0.4, 0.5) is 0 Å². The molecule has 4 nitrogen and oxygen atoms in total. The molecule has 1 amide bonds. The second-order valence-corrected chi connectivity index (χ2v) is 5.99. The summed E-state index contributed by atoms with van der Waals surface area (Å²) in [5, 5.41) is 2.84. The molecule has 18 heavy (non-hydrogen) atoms. The summed E-state index contributed by atoms with van der Waals surface area (Å²) >= 11 is 0. The van der Waals surface area contributed by atoms with Crippen molar-refractivity contribution < 1.29 is 4.79 Å². The van der Waals surface area contributed by atoms with E-state index in [1.54, 1.807) is 12.4 Å². The number of nitrogens with two attached hydrogens (primary N) is 1. The highest BCUT2D eigenvalue weighted by atomic mass is 16.1. The first-order valence-corrected chi connectivity index (χ1v) is 6.23. The van der Waals surface area contributed by atoms with Gasteiger partial charge in [-0.05, 0) is 30.4 Å². The van der Waals surface area contributed by atoms with E-state index >= 15 is 0 Å². The lowest BCUT2D eigenvalue weighted by atomic mass is 9.88. The Kier molecular flexibility index (Phi) is 4.84. The molecule has 0 fully saturated rings. The summed E-state index contributed by atoms with van der Waals surface area (Å²) < 4.78 is 0. The average molecular weight is 249 g/mol. The molecular formula is C14H23N3O. The fourth-order valence-corrected chi connectivity index (χ4v) is 1.86. The van der Waals surface area contributed by atoms with Crippen molar-refractivity contribution in [2.45, 2.75) is 40.2 Å². The zero-order chi connectivity index (χ0) is 13.8. The van der Waals surface area contributed by atoms with Crippen LogP contribution >= 0.6 is 0 Å². The standard InChI is InChI=1S/C14H23N3O/c1-10-5-11(8-16-7-10)13(18)17-9-12(15)6-14(2,3)4/h5,7-8,12H,6,9,15H2,1-4H3,(H,17,18). The lowest BCUT2D eigenvalue weighted by Gasteiger charge is -2.23. The van der Waals surface area contributed by atoms with E-state index in [0.29, 0.717) is 12.1 Å². The number of aromatic nitrogens is 1. The van der Waals surface area contributed by atoms with Crippen LogP contribution in [0.1, 0.15) is 43.1 Å². The smallest absolute Gasteiger partial charge is 0.252 e. The van der Waals surface area contributed by atoms with Crippen LogP contribution in [0.25, 0.3) is 0 Å². The molecule has 1 rings (SSSR count). The molecule has 1 heterocycles. The minimum atomic E-state index is -0.115. The van der Waals surface area contributed by atoms with E-state index in [9.17, 15) is 4.79 Å². The van der Waals surface area contributed by atoms with Gasteiger partial charge in [0.05, 0.1) is 5.56 Å². The molecule has 0 aliphatic rings. The maximum Gasteiger partial charge on any atom is 0.252 e. The molecule has 3 N–H and O–H groups in total. The van der Waals surface area contributed by atoms with Crippen molar-refractivity contribution in [1.82, 2.24) is 10.3 Å². The Morgan fingerprint density at radius 2 is 2.11 bits per heavy atom. The topological polar surface area (TPSA) is 68.0 Å². The number of hydrogen-bond acceptors (Lipinski definition) is 3. The van der Waals surface area contributed by atoms with E-state index in [1.807, 2.05) is 13.0 Å². The number of aryl methyl sites for hydroxylation is 1. The van der Waals surface area contributed by atoms with Gasteiger partial charge < -0.3 is 11.1 Å². The first-order chi connectivity index (χ1) is 8.28. The van der Waals surface area contributed by atoms with Crippen LogP contribution in [0.2, 0.25) is 0 Å². The Balaban J connectivity index is 2.47. The molecule has 0 radical (unpaired) electrons. The van der Waals surface area contributed by atoms with Crippen molar-refractivity contribution in [3.8, 4) is 0 Å². The van der Waals surface area contributed by atoms with E-state index in [-0.39, 0.29) is 17.4 Å². The predicted molar refractivity (Wildman–Crippen MR) is 73.4 cm³/mol. The van der Waals surface area contributed by atoms with Crippen molar-refractivity contribution in [2.75, 3.05) is 6.54 Å². The number of nitrogens with one attached hydrogen (secondary N) is 1. The molecule has 1 aromatic heterocycles. The number of hydrogen-bond donors (Lipinski definition) is 2. The molecule has 0 bridgehead atoms. The second-order valence-electron chi connectivity index (χ2n) is 5.99. The zero-order valence-corrected chi connectivity index (χ0v) is 11.7. The molecular weight excluding hydrogens is 226 g/mol. The predicted octanol–water partition coefficient (Wildman–Crippen LogP) is 1.88. The van der Waals surface area contributed by atoms with Crippen LogP contribution in [-0.2, 0) is 0 Å². The van der Waals surface area contributed by atoms with Gasteiger partial charge in [0.2, 0.25) is 0 Å². The molecule has 0 spiro atoms. The number of rotatable bonds is 4. The maximum atomic E-state index is 11.9. The van der Waals surface area contributed by atoms with Gasteiger partial charge in [-0.25, -0.2) is 0 Å².